The molecular weight excluding hydrogens is 815 g/mol. The van der Waals surface area contributed by atoms with Gasteiger partial charge in [0.15, 0.2) is 11.3 Å². The molecule has 0 unspecified atom stereocenters. The molecule has 67 heavy (non-hydrogen) atoms. The topological polar surface area (TPSA) is 39.5 Å². The van der Waals surface area contributed by atoms with Gasteiger partial charge in [-0.05, 0) is 122 Å². The van der Waals surface area contributed by atoms with Crippen molar-refractivity contribution in [1.29, 1.82) is 0 Å². The summed E-state index contributed by atoms with van der Waals surface area (Å²) in [5.74, 6) is 0. The number of nitrogens with zero attached hydrogens (tertiary/aromatic N) is 5. The molecule has 0 spiro atoms. The Morgan fingerprint density at radius 2 is 0.940 bits per heavy atom. The van der Waals surface area contributed by atoms with Gasteiger partial charge in [0.2, 0.25) is 0 Å². The molecule has 0 radical (unpaired) electrons. The number of para-hydroxylation sites is 2. The summed E-state index contributed by atoms with van der Waals surface area (Å²) in [6, 6.07) is 54.8. The molecule has 0 fully saturated rings. The molecule has 14 aromatic rings. The maximum Gasteiger partial charge on any atom is 0.165 e. The van der Waals surface area contributed by atoms with Crippen LogP contribution in [0, 0.1) is 0 Å². The van der Waals surface area contributed by atoms with Crippen molar-refractivity contribution in [2.24, 2.45) is 0 Å². The van der Waals surface area contributed by atoms with Gasteiger partial charge in [0.25, 0.3) is 0 Å². The third-order valence-corrected chi connectivity index (χ3v) is 15.1. The van der Waals surface area contributed by atoms with Crippen molar-refractivity contribution >= 4 is 109 Å². The maximum atomic E-state index is 5.91. The zero-order valence-electron chi connectivity index (χ0n) is 39.6. The van der Waals surface area contributed by atoms with Crippen LogP contribution >= 0.6 is 0 Å². The summed E-state index contributed by atoms with van der Waals surface area (Å²) in [7, 11) is 0. The fourth-order valence-electron chi connectivity index (χ4n) is 11.6. The SMILES string of the molecule is CC(C)(C)c1ccc2c(c1)c1cc(C(C)(C)C)cc3c4nc5c(nc4n2c13)c1c2ccccc2cc2c3cc(C(C)(C)C)cc(-c4ccc6c(c4)c4ccccc4n6-c4ccccc4)c3n5c21. The van der Waals surface area contributed by atoms with E-state index >= 15 is 0 Å². The molecule has 5 heteroatoms. The van der Waals surface area contributed by atoms with Gasteiger partial charge in [0, 0.05) is 54.3 Å². The standard InChI is InChI=1S/C62H51N5/c1-60(2,3)36-24-26-51-44(29-36)46-31-38(62(7,8)9)33-48-53-58(66(51)56(46)48)64-54-52-40-20-14-13-17-34(40)28-45-47-32-37(61(4,5)6)30-42(55(47)67(57(45)52)59(54)63-53)35-23-25-50-43(27-35)41-21-15-16-22-49(41)65(50)39-18-11-10-12-19-39/h10-33H,1-9H3. The van der Waals surface area contributed by atoms with Gasteiger partial charge in [-0.3, -0.25) is 8.80 Å². The number of aromatic nitrogens is 5. The van der Waals surface area contributed by atoms with Crippen LogP contribution in [0.4, 0.5) is 0 Å². The lowest BCUT2D eigenvalue weighted by Crippen LogP contribution is -2.11. The minimum Gasteiger partial charge on any atom is -0.309 e. The Kier molecular flexibility index (Phi) is 7.33. The first-order valence-corrected chi connectivity index (χ1v) is 23.8. The van der Waals surface area contributed by atoms with Gasteiger partial charge < -0.3 is 4.57 Å². The summed E-state index contributed by atoms with van der Waals surface area (Å²) < 4.78 is 7.30. The number of hydrogen-bond acceptors (Lipinski definition) is 2. The van der Waals surface area contributed by atoms with Crippen molar-refractivity contribution < 1.29 is 0 Å². The van der Waals surface area contributed by atoms with Crippen molar-refractivity contribution in [2.75, 3.05) is 0 Å². The molecule has 0 bridgehead atoms. The molecule has 0 atom stereocenters. The van der Waals surface area contributed by atoms with E-state index in [2.05, 4.69) is 221 Å². The molecule has 0 saturated heterocycles. The maximum absolute atomic E-state index is 5.91. The Morgan fingerprint density at radius 1 is 0.373 bits per heavy atom. The second-order valence-corrected chi connectivity index (χ2v) is 22.3. The quantitative estimate of drug-likeness (QED) is 0.174. The molecule has 0 saturated carbocycles. The zero-order valence-corrected chi connectivity index (χ0v) is 39.6. The minimum absolute atomic E-state index is 0.0189. The Bertz CT molecular complexity index is 4420. The van der Waals surface area contributed by atoms with Crippen LogP contribution in [0.3, 0.4) is 0 Å². The number of rotatable bonds is 2. The van der Waals surface area contributed by atoms with Gasteiger partial charge in [-0.1, -0.05) is 135 Å². The molecular formula is C62H51N5. The summed E-state index contributed by atoms with van der Waals surface area (Å²) in [5, 5.41) is 12.2. The van der Waals surface area contributed by atoms with E-state index in [-0.39, 0.29) is 16.2 Å². The predicted octanol–water partition coefficient (Wildman–Crippen LogP) is 16.6. The second-order valence-electron chi connectivity index (χ2n) is 22.3. The summed E-state index contributed by atoms with van der Waals surface area (Å²) in [6.07, 6.45) is 0. The van der Waals surface area contributed by atoms with Crippen molar-refractivity contribution in [3.05, 3.63) is 162 Å². The van der Waals surface area contributed by atoms with Crippen LogP contribution in [-0.2, 0) is 16.2 Å². The minimum atomic E-state index is -0.0968. The number of fused-ring (bicyclic) bond motifs is 17. The van der Waals surface area contributed by atoms with E-state index in [0.29, 0.717) is 0 Å². The van der Waals surface area contributed by atoms with E-state index in [4.69, 9.17) is 9.97 Å². The third kappa shape index (κ3) is 5.15. The normalized spacial score (nSPS) is 13.4. The Morgan fingerprint density at radius 3 is 1.70 bits per heavy atom. The highest BCUT2D eigenvalue weighted by Crippen LogP contribution is 2.49. The largest absolute Gasteiger partial charge is 0.309 e. The zero-order chi connectivity index (χ0) is 45.6. The van der Waals surface area contributed by atoms with Crippen LogP contribution in [0.15, 0.2) is 146 Å². The second kappa shape index (κ2) is 12.7. The van der Waals surface area contributed by atoms with Crippen LogP contribution < -0.4 is 0 Å². The van der Waals surface area contributed by atoms with Crippen LogP contribution in [0.5, 0.6) is 0 Å². The molecule has 0 aliphatic heterocycles. The summed E-state index contributed by atoms with van der Waals surface area (Å²) in [4.78, 5) is 11.8. The van der Waals surface area contributed by atoms with Crippen molar-refractivity contribution in [3.8, 4) is 16.8 Å². The fourth-order valence-corrected chi connectivity index (χ4v) is 11.6. The predicted molar refractivity (Wildman–Crippen MR) is 285 cm³/mol. The first kappa shape index (κ1) is 38.7. The molecule has 324 valence electrons. The molecule has 0 amide bonds. The number of hydrogen-bond donors (Lipinski definition) is 0. The molecule has 14 rings (SSSR count). The van der Waals surface area contributed by atoms with Crippen LogP contribution in [0.25, 0.3) is 126 Å². The Labute approximate surface area is 388 Å². The van der Waals surface area contributed by atoms with Gasteiger partial charge in [-0.25, -0.2) is 9.97 Å². The summed E-state index contributed by atoms with van der Waals surface area (Å²) >= 11 is 0. The average Bonchev–Trinajstić information content (AvgIpc) is 4.09. The van der Waals surface area contributed by atoms with Gasteiger partial charge in [0.05, 0.1) is 33.1 Å². The van der Waals surface area contributed by atoms with Crippen LogP contribution in [0.2, 0.25) is 0 Å². The molecule has 0 aliphatic carbocycles. The van der Waals surface area contributed by atoms with E-state index in [1.807, 2.05) is 0 Å². The van der Waals surface area contributed by atoms with Gasteiger partial charge >= 0.3 is 0 Å². The number of benzene rings is 8. The lowest BCUT2D eigenvalue weighted by molar-refractivity contribution is 0.590. The lowest BCUT2D eigenvalue weighted by Gasteiger charge is -2.21. The summed E-state index contributed by atoms with van der Waals surface area (Å²) in [6.45, 7) is 20.9. The molecule has 6 heterocycles. The molecule has 8 aromatic carbocycles. The monoisotopic (exact) mass is 865 g/mol. The van der Waals surface area contributed by atoms with E-state index in [0.717, 1.165) is 38.8 Å². The lowest BCUT2D eigenvalue weighted by atomic mass is 9.84. The fraction of sp³-hybridized carbons (Fsp3) is 0.194. The highest BCUT2D eigenvalue weighted by atomic mass is 15.1. The Balaban J connectivity index is 1.16. The van der Waals surface area contributed by atoms with Gasteiger partial charge in [0.1, 0.15) is 11.0 Å². The van der Waals surface area contributed by atoms with Crippen molar-refractivity contribution in [3.63, 3.8) is 0 Å². The van der Waals surface area contributed by atoms with Crippen LogP contribution in [0.1, 0.15) is 79.0 Å². The molecule has 0 aliphatic rings. The van der Waals surface area contributed by atoms with E-state index in [9.17, 15) is 0 Å². The third-order valence-electron chi connectivity index (χ3n) is 15.1. The highest BCUT2D eigenvalue weighted by molar-refractivity contribution is 6.32. The van der Waals surface area contributed by atoms with Gasteiger partial charge in [-0.15, -0.1) is 0 Å². The Hall–Kier alpha value is -7.50. The van der Waals surface area contributed by atoms with Crippen molar-refractivity contribution in [2.45, 2.75) is 78.6 Å². The van der Waals surface area contributed by atoms with Crippen molar-refractivity contribution in [1.82, 2.24) is 23.3 Å². The smallest absolute Gasteiger partial charge is 0.165 e. The highest BCUT2D eigenvalue weighted by Gasteiger charge is 2.30. The first-order valence-electron chi connectivity index (χ1n) is 23.8. The summed E-state index contributed by atoms with van der Waals surface area (Å²) in [5.41, 5.74) is 18.2. The van der Waals surface area contributed by atoms with E-state index < -0.39 is 0 Å². The molecule has 6 aromatic heterocycles. The average molecular weight is 866 g/mol. The van der Waals surface area contributed by atoms with E-state index in [1.54, 1.807) is 0 Å². The molecule has 5 nitrogen and oxygen atoms in total. The molecule has 0 N–H and O–H groups in total. The van der Waals surface area contributed by atoms with E-state index in [1.165, 1.54) is 104 Å². The van der Waals surface area contributed by atoms with Crippen LogP contribution in [-0.4, -0.2) is 23.3 Å². The first-order chi connectivity index (χ1) is 32.1. The van der Waals surface area contributed by atoms with Gasteiger partial charge in [-0.2, -0.15) is 0 Å².